The van der Waals surface area contributed by atoms with Gasteiger partial charge in [0.2, 0.25) is 0 Å². The monoisotopic (exact) mass is 384 g/mol. The number of carbonyl (C=O) groups is 2. The molecule has 4 nitrogen and oxygen atoms in total. The molecule has 0 bridgehead atoms. The van der Waals surface area contributed by atoms with Crippen molar-refractivity contribution in [2.45, 2.75) is 106 Å². The molecule has 0 aliphatic heterocycles. The average molecular weight is 385 g/mol. The summed E-state index contributed by atoms with van der Waals surface area (Å²) in [7, 11) is 0. The van der Waals surface area contributed by atoms with Gasteiger partial charge in [-0.15, -0.1) is 0 Å². The molecule has 27 heavy (non-hydrogen) atoms. The van der Waals surface area contributed by atoms with Gasteiger partial charge in [0.15, 0.2) is 0 Å². The third kappa shape index (κ3) is 18.1. The van der Waals surface area contributed by atoms with Gasteiger partial charge in [-0.05, 0) is 49.4 Å². The number of rotatable bonds is 7. The van der Waals surface area contributed by atoms with Crippen LogP contribution >= 0.6 is 0 Å². The second-order valence-electron chi connectivity index (χ2n) is 10.2. The lowest BCUT2D eigenvalue weighted by Crippen LogP contribution is -2.21. The molecule has 0 radical (unpaired) electrons. The van der Waals surface area contributed by atoms with Gasteiger partial charge >= 0.3 is 11.9 Å². The smallest absolute Gasteiger partial charge is 0.308 e. The summed E-state index contributed by atoms with van der Waals surface area (Å²) in [6.45, 7) is 15.8. The molecular weight excluding hydrogens is 340 g/mol. The Morgan fingerprint density at radius 1 is 0.778 bits per heavy atom. The van der Waals surface area contributed by atoms with Crippen LogP contribution in [0.1, 0.15) is 106 Å². The van der Waals surface area contributed by atoms with Gasteiger partial charge < -0.3 is 9.47 Å². The largest absolute Gasteiger partial charge is 0.466 e. The summed E-state index contributed by atoms with van der Waals surface area (Å²) in [4.78, 5) is 22.0. The average Bonchev–Trinajstić information content (AvgIpc) is 2.55. The van der Waals surface area contributed by atoms with Crippen molar-refractivity contribution in [3.05, 3.63) is 0 Å². The zero-order valence-corrected chi connectivity index (χ0v) is 19.0. The highest BCUT2D eigenvalue weighted by Crippen LogP contribution is 2.25. The van der Waals surface area contributed by atoms with Crippen molar-refractivity contribution in [1.82, 2.24) is 0 Å². The standard InChI is InChI=1S/C14H26O2.C9H18O2/c1-14(2,3)10-7-11-16-13(15)12-8-5-4-6-9-12;1-8(10)11-7-5-6-9(2,3)4/h12H,4-11H2,1-3H3;5-7H2,1-4H3. The number of hydrogen-bond acceptors (Lipinski definition) is 4. The molecule has 1 rings (SSSR count). The van der Waals surface area contributed by atoms with E-state index in [1.165, 1.54) is 26.2 Å². The first-order chi connectivity index (χ1) is 12.4. The molecule has 0 N–H and O–H groups in total. The van der Waals surface area contributed by atoms with E-state index in [1.54, 1.807) is 0 Å². The lowest BCUT2D eigenvalue weighted by Gasteiger charge is -2.21. The summed E-state index contributed by atoms with van der Waals surface area (Å²) in [6, 6.07) is 0. The van der Waals surface area contributed by atoms with Gasteiger partial charge in [0.1, 0.15) is 0 Å². The van der Waals surface area contributed by atoms with E-state index in [0.29, 0.717) is 24.0 Å². The van der Waals surface area contributed by atoms with Crippen LogP contribution in [-0.4, -0.2) is 25.2 Å². The summed E-state index contributed by atoms with van der Waals surface area (Å²) in [5.74, 6) is 0.0657. The third-order valence-corrected chi connectivity index (χ3v) is 4.63. The molecule has 0 saturated heterocycles. The molecule has 0 unspecified atom stereocenters. The Bertz CT molecular complexity index is 409. The summed E-state index contributed by atoms with van der Waals surface area (Å²) < 4.78 is 10.1. The highest BCUT2D eigenvalue weighted by Gasteiger charge is 2.22. The van der Waals surface area contributed by atoms with Gasteiger partial charge in [0, 0.05) is 6.92 Å². The maximum absolute atomic E-state index is 11.7. The van der Waals surface area contributed by atoms with Gasteiger partial charge in [-0.2, -0.15) is 0 Å². The number of esters is 2. The molecular formula is C23H44O4. The predicted octanol–water partition coefficient (Wildman–Crippen LogP) is 6.31. The van der Waals surface area contributed by atoms with Crippen LogP contribution < -0.4 is 0 Å². The normalized spacial score (nSPS) is 15.5. The molecule has 0 atom stereocenters. The van der Waals surface area contributed by atoms with E-state index in [9.17, 15) is 9.59 Å². The molecule has 0 aromatic heterocycles. The molecule has 160 valence electrons. The molecule has 4 heteroatoms. The Labute approximate surface area is 167 Å². The molecule has 0 heterocycles. The minimum Gasteiger partial charge on any atom is -0.466 e. The topological polar surface area (TPSA) is 52.6 Å². The van der Waals surface area contributed by atoms with E-state index < -0.39 is 0 Å². The second kappa shape index (κ2) is 13.2. The van der Waals surface area contributed by atoms with Gasteiger partial charge in [0.25, 0.3) is 0 Å². The Morgan fingerprint density at radius 2 is 1.22 bits per heavy atom. The number of hydrogen-bond donors (Lipinski definition) is 0. The summed E-state index contributed by atoms with van der Waals surface area (Å²) in [5.41, 5.74) is 0.692. The van der Waals surface area contributed by atoms with Crippen LogP contribution in [0.2, 0.25) is 0 Å². The van der Waals surface area contributed by atoms with Gasteiger partial charge in [0.05, 0.1) is 19.1 Å². The van der Waals surface area contributed by atoms with Crippen molar-refractivity contribution in [2.75, 3.05) is 13.2 Å². The SMILES string of the molecule is CC(=O)OCCCC(C)(C)C.CC(C)(C)CCCOC(=O)C1CCCCC1. The maximum atomic E-state index is 11.7. The minimum absolute atomic E-state index is 0.0496. The molecule has 0 aromatic rings. The zero-order chi connectivity index (χ0) is 20.9. The van der Waals surface area contributed by atoms with Crippen molar-refractivity contribution in [3.8, 4) is 0 Å². The van der Waals surface area contributed by atoms with Crippen molar-refractivity contribution < 1.29 is 19.1 Å². The number of carbonyl (C=O) groups excluding carboxylic acids is 2. The molecule has 1 fully saturated rings. The van der Waals surface area contributed by atoms with Gasteiger partial charge in [-0.1, -0.05) is 60.8 Å². The number of ether oxygens (including phenoxy) is 2. The molecule has 1 aliphatic carbocycles. The molecule has 1 saturated carbocycles. The summed E-state index contributed by atoms with van der Waals surface area (Å²) in [5, 5.41) is 0. The molecule has 0 aromatic carbocycles. The third-order valence-electron chi connectivity index (χ3n) is 4.63. The second-order valence-corrected chi connectivity index (χ2v) is 10.2. The first kappa shape index (κ1) is 25.9. The molecule has 1 aliphatic rings. The van der Waals surface area contributed by atoms with Crippen LogP contribution in [0.5, 0.6) is 0 Å². The van der Waals surface area contributed by atoms with E-state index in [1.807, 2.05) is 0 Å². The van der Waals surface area contributed by atoms with Gasteiger partial charge in [-0.3, -0.25) is 9.59 Å². The fourth-order valence-electron chi connectivity index (χ4n) is 3.05. The van der Waals surface area contributed by atoms with Gasteiger partial charge in [-0.25, -0.2) is 0 Å². The van der Waals surface area contributed by atoms with Crippen LogP contribution in [0.3, 0.4) is 0 Å². The van der Waals surface area contributed by atoms with Crippen molar-refractivity contribution in [2.24, 2.45) is 16.7 Å². The van der Waals surface area contributed by atoms with E-state index in [-0.39, 0.29) is 17.9 Å². The van der Waals surface area contributed by atoms with Crippen molar-refractivity contribution >= 4 is 11.9 Å². The Hall–Kier alpha value is -1.06. The summed E-state index contributed by atoms with van der Waals surface area (Å²) in [6.07, 6.45) is 9.92. The highest BCUT2D eigenvalue weighted by atomic mass is 16.5. The fraction of sp³-hybridized carbons (Fsp3) is 0.913. The van der Waals surface area contributed by atoms with Crippen molar-refractivity contribution in [1.29, 1.82) is 0 Å². The Balaban J connectivity index is 0.000000541. The fourth-order valence-corrected chi connectivity index (χ4v) is 3.05. The molecule has 0 spiro atoms. The quantitative estimate of drug-likeness (QED) is 0.381. The Kier molecular flexibility index (Phi) is 12.7. The maximum Gasteiger partial charge on any atom is 0.308 e. The van der Waals surface area contributed by atoms with Crippen LogP contribution in [-0.2, 0) is 19.1 Å². The summed E-state index contributed by atoms with van der Waals surface area (Å²) >= 11 is 0. The van der Waals surface area contributed by atoms with E-state index in [2.05, 4.69) is 41.5 Å². The lowest BCUT2D eigenvalue weighted by atomic mass is 9.89. The van der Waals surface area contributed by atoms with Crippen LogP contribution in [0.25, 0.3) is 0 Å². The molecule has 0 amide bonds. The lowest BCUT2D eigenvalue weighted by molar-refractivity contribution is -0.150. The van der Waals surface area contributed by atoms with Crippen molar-refractivity contribution in [3.63, 3.8) is 0 Å². The predicted molar refractivity (Wildman–Crippen MR) is 112 cm³/mol. The van der Waals surface area contributed by atoms with Crippen LogP contribution in [0, 0.1) is 16.7 Å². The zero-order valence-electron chi connectivity index (χ0n) is 19.0. The minimum atomic E-state index is -0.182. The highest BCUT2D eigenvalue weighted by molar-refractivity contribution is 5.72. The Morgan fingerprint density at radius 3 is 1.63 bits per heavy atom. The van der Waals surface area contributed by atoms with Crippen LogP contribution in [0.15, 0.2) is 0 Å². The van der Waals surface area contributed by atoms with Crippen LogP contribution in [0.4, 0.5) is 0 Å². The first-order valence-electron chi connectivity index (χ1n) is 10.7. The first-order valence-corrected chi connectivity index (χ1v) is 10.7. The van der Waals surface area contributed by atoms with E-state index in [0.717, 1.165) is 38.5 Å². The van der Waals surface area contributed by atoms with E-state index in [4.69, 9.17) is 9.47 Å². The van der Waals surface area contributed by atoms with E-state index >= 15 is 0 Å².